The number of ketones is 1. The number of hydrogen-bond donors (Lipinski definition) is 0. The Kier molecular flexibility index (Phi) is 5.68. The Labute approximate surface area is 154 Å². The summed E-state index contributed by atoms with van der Waals surface area (Å²) < 4.78 is 5.29. The van der Waals surface area contributed by atoms with Gasteiger partial charge in [0.2, 0.25) is 0 Å². The highest BCUT2D eigenvalue weighted by Gasteiger charge is 2.25. The van der Waals surface area contributed by atoms with E-state index in [0.717, 1.165) is 11.1 Å². The fraction of sp³-hybridized carbons (Fsp3) is 0.333. The van der Waals surface area contributed by atoms with Crippen LogP contribution in [0.1, 0.15) is 26.3 Å². The fourth-order valence-corrected chi connectivity index (χ4v) is 3.13. The molecule has 1 amide bonds. The number of amides is 1. The summed E-state index contributed by atoms with van der Waals surface area (Å²) in [6, 6.07) is 14.9. The molecule has 2 aromatic rings. The molecule has 3 rings (SSSR count). The zero-order chi connectivity index (χ0) is 18.5. The van der Waals surface area contributed by atoms with Gasteiger partial charge in [0.25, 0.3) is 5.91 Å². The van der Waals surface area contributed by atoms with Gasteiger partial charge >= 0.3 is 0 Å². The van der Waals surface area contributed by atoms with E-state index in [4.69, 9.17) is 4.74 Å². The summed E-state index contributed by atoms with van der Waals surface area (Å²) in [7, 11) is 1.57. The maximum atomic E-state index is 12.7. The molecule has 0 aliphatic carbocycles. The van der Waals surface area contributed by atoms with E-state index >= 15 is 0 Å². The molecule has 1 aliphatic heterocycles. The van der Waals surface area contributed by atoms with E-state index in [1.807, 2.05) is 48.2 Å². The summed E-state index contributed by atoms with van der Waals surface area (Å²) in [6.07, 6.45) is 0. The quantitative estimate of drug-likeness (QED) is 0.777. The molecule has 0 saturated carbocycles. The predicted octanol–water partition coefficient (Wildman–Crippen LogP) is 2.64. The Hall–Kier alpha value is -2.66. The summed E-state index contributed by atoms with van der Waals surface area (Å²) in [5.41, 5.74) is 2.47. The average molecular weight is 352 g/mol. The van der Waals surface area contributed by atoms with Crippen LogP contribution in [0.2, 0.25) is 0 Å². The lowest BCUT2D eigenvalue weighted by molar-refractivity contribution is 0.0621. The fourth-order valence-electron chi connectivity index (χ4n) is 3.13. The maximum absolute atomic E-state index is 12.7. The molecule has 0 atom stereocenters. The second kappa shape index (κ2) is 8.15. The van der Waals surface area contributed by atoms with Gasteiger partial charge in [-0.2, -0.15) is 0 Å². The number of carbonyl (C=O) groups is 2. The van der Waals surface area contributed by atoms with Gasteiger partial charge in [-0.15, -0.1) is 0 Å². The van der Waals surface area contributed by atoms with Gasteiger partial charge in [0.1, 0.15) is 5.75 Å². The van der Waals surface area contributed by atoms with E-state index in [9.17, 15) is 9.59 Å². The van der Waals surface area contributed by atoms with Crippen LogP contribution in [0.15, 0.2) is 48.5 Å². The zero-order valence-electron chi connectivity index (χ0n) is 15.3. The molecule has 0 spiro atoms. The molecule has 0 radical (unpaired) electrons. The lowest BCUT2D eigenvalue weighted by atomic mass is 10.1. The molecule has 1 aliphatic rings. The van der Waals surface area contributed by atoms with Crippen LogP contribution in [-0.4, -0.2) is 61.3 Å². The lowest BCUT2D eigenvalue weighted by Crippen LogP contribution is -2.49. The number of rotatable bonds is 5. The van der Waals surface area contributed by atoms with Gasteiger partial charge in [-0.05, 0) is 19.1 Å². The van der Waals surface area contributed by atoms with Gasteiger partial charge < -0.3 is 9.64 Å². The van der Waals surface area contributed by atoms with E-state index in [0.29, 0.717) is 44.0 Å². The first kappa shape index (κ1) is 18.1. The van der Waals surface area contributed by atoms with Crippen molar-refractivity contribution in [3.63, 3.8) is 0 Å². The van der Waals surface area contributed by atoms with Gasteiger partial charge in [0.15, 0.2) is 5.78 Å². The van der Waals surface area contributed by atoms with E-state index < -0.39 is 0 Å². The number of methoxy groups -OCH3 is 1. The second-order valence-electron chi connectivity index (χ2n) is 6.56. The van der Waals surface area contributed by atoms with Crippen molar-refractivity contribution in [1.82, 2.24) is 9.80 Å². The number of hydrogen-bond acceptors (Lipinski definition) is 4. The standard InChI is InChI=1S/C21H24N2O3/c1-16-7-9-17(10-8-16)19(24)15-22-11-13-23(14-12-22)21(25)18-5-3-4-6-20(18)26-2/h3-10H,11-15H2,1-2H3. The van der Waals surface area contributed by atoms with Crippen molar-refractivity contribution < 1.29 is 14.3 Å². The first-order chi connectivity index (χ1) is 12.6. The monoisotopic (exact) mass is 352 g/mol. The molecule has 136 valence electrons. The first-order valence-corrected chi connectivity index (χ1v) is 8.83. The zero-order valence-corrected chi connectivity index (χ0v) is 15.3. The van der Waals surface area contributed by atoms with Crippen LogP contribution in [0.4, 0.5) is 0 Å². The first-order valence-electron chi connectivity index (χ1n) is 8.83. The van der Waals surface area contributed by atoms with Crippen molar-refractivity contribution in [3.8, 4) is 5.75 Å². The normalized spacial score (nSPS) is 14.9. The van der Waals surface area contributed by atoms with Gasteiger partial charge in [0, 0.05) is 31.7 Å². The van der Waals surface area contributed by atoms with Crippen molar-refractivity contribution in [2.45, 2.75) is 6.92 Å². The Bertz CT molecular complexity index is 778. The summed E-state index contributed by atoms with van der Waals surface area (Å²) in [6.45, 7) is 5.00. The van der Waals surface area contributed by atoms with Gasteiger partial charge in [-0.3, -0.25) is 14.5 Å². The summed E-state index contributed by atoms with van der Waals surface area (Å²) in [4.78, 5) is 29.1. The van der Waals surface area contributed by atoms with Gasteiger partial charge in [0.05, 0.1) is 19.2 Å². The minimum atomic E-state index is -0.0213. The van der Waals surface area contributed by atoms with Crippen molar-refractivity contribution in [1.29, 1.82) is 0 Å². The molecule has 1 saturated heterocycles. The smallest absolute Gasteiger partial charge is 0.257 e. The molecule has 26 heavy (non-hydrogen) atoms. The number of para-hydroxylation sites is 1. The van der Waals surface area contributed by atoms with Crippen LogP contribution in [0.3, 0.4) is 0 Å². The van der Waals surface area contributed by atoms with E-state index in [-0.39, 0.29) is 11.7 Å². The lowest BCUT2D eigenvalue weighted by Gasteiger charge is -2.34. The molecule has 2 aromatic carbocycles. The molecule has 1 fully saturated rings. The largest absolute Gasteiger partial charge is 0.496 e. The number of Topliss-reactive ketones (excluding diaryl/α,β-unsaturated/α-hetero) is 1. The molecule has 5 nitrogen and oxygen atoms in total. The van der Waals surface area contributed by atoms with Crippen LogP contribution >= 0.6 is 0 Å². The minimum absolute atomic E-state index is 0.0213. The van der Waals surface area contributed by atoms with E-state index in [1.165, 1.54) is 0 Å². The third-order valence-electron chi connectivity index (χ3n) is 4.74. The number of nitrogens with zero attached hydrogens (tertiary/aromatic N) is 2. The molecule has 0 unspecified atom stereocenters. The van der Waals surface area contributed by atoms with E-state index in [2.05, 4.69) is 4.90 Å². The van der Waals surface area contributed by atoms with Crippen LogP contribution in [-0.2, 0) is 0 Å². The molecule has 0 bridgehead atoms. The van der Waals surface area contributed by atoms with Crippen molar-refractivity contribution in [3.05, 3.63) is 65.2 Å². The van der Waals surface area contributed by atoms with Crippen LogP contribution in [0, 0.1) is 6.92 Å². The molecule has 0 aromatic heterocycles. The minimum Gasteiger partial charge on any atom is -0.496 e. The second-order valence-corrected chi connectivity index (χ2v) is 6.56. The average Bonchev–Trinajstić information content (AvgIpc) is 2.68. The van der Waals surface area contributed by atoms with E-state index in [1.54, 1.807) is 19.2 Å². The highest BCUT2D eigenvalue weighted by atomic mass is 16.5. The highest BCUT2D eigenvalue weighted by molar-refractivity contribution is 5.98. The number of benzene rings is 2. The number of aryl methyl sites for hydroxylation is 1. The number of carbonyl (C=O) groups excluding carboxylic acids is 2. The van der Waals surface area contributed by atoms with Crippen molar-refractivity contribution >= 4 is 11.7 Å². The maximum Gasteiger partial charge on any atom is 0.257 e. The van der Waals surface area contributed by atoms with Gasteiger partial charge in [-0.25, -0.2) is 0 Å². The number of ether oxygens (including phenoxy) is 1. The highest BCUT2D eigenvalue weighted by Crippen LogP contribution is 2.20. The van der Waals surface area contributed by atoms with Crippen LogP contribution in [0.5, 0.6) is 5.75 Å². The Morgan fingerprint density at radius 1 is 0.962 bits per heavy atom. The molecular weight excluding hydrogens is 328 g/mol. The molecular formula is C21H24N2O3. The summed E-state index contributed by atoms with van der Waals surface area (Å²) >= 11 is 0. The SMILES string of the molecule is COc1ccccc1C(=O)N1CCN(CC(=O)c2ccc(C)cc2)CC1. The molecule has 5 heteroatoms. The predicted molar refractivity (Wildman–Crippen MR) is 101 cm³/mol. The number of piperazine rings is 1. The Balaban J connectivity index is 1.56. The Morgan fingerprint density at radius 2 is 1.62 bits per heavy atom. The third kappa shape index (κ3) is 4.11. The van der Waals surface area contributed by atoms with Crippen molar-refractivity contribution in [2.75, 3.05) is 39.8 Å². The Morgan fingerprint density at radius 3 is 2.27 bits per heavy atom. The summed E-state index contributed by atoms with van der Waals surface area (Å²) in [5, 5.41) is 0. The van der Waals surface area contributed by atoms with Crippen molar-refractivity contribution in [2.24, 2.45) is 0 Å². The molecule has 0 N–H and O–H groups in total. The molecule has 1 heterocycles. The third-order valence-corrected chi connectivity index (χ3v) is 4.74. The topological polar surface area (TPSA) is 49.9 Å². The van der Waals surface area contributed by atoms with Gasteiger partial charge in [-0.1, -0.05) is 42.0 Å². The van der Waals surface area contributed by atoms with Crippen LogP contribution < -0.4 is 4.74 Å². The summed E-state index contributed by atoms with van der Waals surface area (Å²) in [5.74, 6) is 0.691. The van der Waals surface area contributed by atoms with Crippen LogP contribution in [0.25, 0.3) is 0 Å².